The highest BCUT2D eigenvalue weighted by Gasteiger charge is 2.29. The van der Waals surface area contributed by atoms with Crippen LogP contribution in [0, 0.1) is 0 Å². The van der Waals surface area contributed by atoms with Crippen molar-refractivity contribution in [2.45, 2.75) is 117 Å². The van der Waals surface area contributed by atoms with E-state index in [2.05, 4.69) is 20.6 Å². The molecule has 85 heavy (non-hydrogen) atoms. The van der Waals surface area contributed by atoms with E-state index < -0.39 is 46.8 Å². The number of rotatable bonds is 11. The molecular formula is C60H69N5O20. The van der Waals surface area contributed by atoms with Crippen LogP contribution < -0.4 is 27.2 Å². The number of nitrogens with two attached hydrogens (primary N) is 1. The molecule has 10 N–H and O–H groups in total. The summed E-state index contributed by atoms with van der Waals surface area (Å²) in [6, 6.07) is 9.30. The molecule has 25 heteroatoms. The fourth-order valence-corrected chi connectivity index (χ4v) is 8.50. The molecule has 0 bridgehead atoms. The van der Waals surface area contributed by atoms with Crippen molar-refractivity contribution >= 4 is 75.4 Å². The van der Waals surface area contributed by atoms with Gasteiger partial charge in [0.05, 0.1) is 60.5 Å². The van der Waals surface area contributed by atoms with Gasteiger partial charge in [0.2, 0.25) is 10.9 Å². The average Bonchev–Trinajstić information content (AvgIpc) is 2.38. The number of aromatic amines is 2. The number of Topliss-reactive ketones (excluding diaryl/α,β-unsaturated/α-hetero) is 3. The van der Waals surface area contributed by atoms with Gasteiger partial charge < -0.3 is 65.7 Å². The van der Waals surface area contributed by atoms with E-state index in [-0.39, 0.29) is 112 Å². The number of nitrogens with one attached hydrogen (secondary N) is 4. The highest BCUT2D eigenvalue weighted by Crippen LogP contribution is 2.38. The third kappa shape index (κ3) is 20.3. The smallest absolute Gasteiger partial charge is 0.347 e. The van der Waals surface area contributed by atoms with Crippen LogP contribution in [0.15, 0.2) is 105 Å². The first kappa shape index (κ1) is 67.7. The number of fused-ring (bicyclic) bond motifs is 3. The van der Waals surface area contributed by atoms with Gasteiger partial charge in [-0.2, -0.15) is 0 Å². The first-order valence-corrected chi connectivity index (χ1v) is 27.3. The quantitative estimate of drug-likeness (QED) is 0.0281. The first-order chi connectivity index (χ1) is 40.6. The zero-order chi connectivity index (χ0) is 62.8. The molecule has 0 saturated heterocycles. The Bertz CT molecular complexity index is 3390. The number of phenols is 2. The van der Waals surface area contributed by atoms with Crippen LogP contribution in [0.3, 0.4) is 0 Å². The van der Waals surface area contributed by atoms with E-state index in [1.165, 1.54) is 49.1 Å². The lowest BCUT2D eigenvalue weighted by atomic mass is 9.93. The summed E-state index contributed by atoms with van der Waals surface area (Å²) in [7, 11) is 0. The normalized spacial score (nSPS) is 15.5. The lowest BCUT2D eigenvalue weighted by Crippen LogP contribution is -2.28. The standard InChI is InChI=1S/C14H19NO5.C12H13NO4.C12H11NO4.C10H9NO4.C6H9NO.C6H8O2/c1-3-19-13(17)12(14(18)20-4-2)9-15-10-6-5-7-11(16)8-10;2*1-2-17-12(16)7-6-13-8-4-3-5-9(14)10(8)11(7)15;12-7-3-1-2-6-8(7)9(13)5(4-11-6)10(14)15;2*7-5-2-1-3-6(8)4-5/h8-9,15H,3-7H2,1-2H3;6H,2-5H2,1H3,(H,13,15);3-6,14H,2H2,1H3,(H,13,15);1-4,9,11-13H,(H,14,15);4H,1-3,7H2;1-4H2. The summed E-state index contributed by atoms with van der Waals surface area (Å²) in [6.45, 7) is 7.33. The van der Waals surface area contributed by atoms with Gasteiger partial charge in [-0.1, -0.05) is 12.1 Å². The second-order valence-corrected chi connectivity index (χ2v) is 18.8. The molecule has 2 aromatic carbocycles. The molecule has 0 spiro atoms. The van der Waals surface area contributed by atoms with Crippen LogP contribution >= 0.6 is 0 Å². The maximum Gasteiger partial charge on any atom is 0.347 e. The number of carboxylic acid groups (broad SMARTS) is 1. The van der Waals surface area contributed by atoms with Crippen molar-refractivity contribution in [1.29, 1.82) is 0 Å². The highest BCUT2D eigenvalue weighted by molar-refractivity contribution is 6.14. The molecule has 454 valence electrons. The number of carbonyl (C=O) groups is 10. The van der Waals surface area contributed by atoms with Crippen molar-refractivity contribution in [3.8, 4) is 11.5 Å². The number of anilines is 1. The van der Waals surface area contributed by atoms with Crippen LogP contribution in [0.25, 0.3) is 10.9 Å². The number of esters is 4. The second kappa shape index (κ2) is 34.0. The number of ether oxygens (including phenoxy) is 4. The molecule has 0 radical (unpaired) electrons. The molecular weight excluding hydrogens is 1110 g/mol. The Morgan fingerprint density at radius 2 is 1.19 bits per heavy atom. The number of benzene rings is 2. The SMILES string of the molecule is CCOC(=O)C(=CNC1=CC(=O)CCC1)C(=O)OCC.CCOC(=O)c1c[nH]c2c(c1=O)C(=O)CCC2.CCOC(=O)c1c[nH]c2cccc(O)c2c1=O.NC1=CC(=O)CCC1.O=C(O)C1=CNc2cccc(O)c2C1O.O=C1CCCC(=O)C1. The van der Waals surface area contributed by atoms with Crippen molar-refractivity contribution in [3.63, 3.8) is 0 Å². The number of aromatic hydroxyl groups is 2. The number of aliphatic carboxylic acids is 1. The number of allylic oxidation sites excluding steroid dienone is 4. The van der Waals surface area contributed by atoms with Gasteiger partial charge in [0.1, 0.15) is 40.3 Å². The number of H-pyrrole nitrogens is 2. The Morgan fingerprint density at radius 3 is 1.73 bits per heavy atom. The maximum absolute atomic E-state index is 12.0. The van der Waals surface area contributed by atoms with Crippen LogP contribution in [-0.2, 0) is 58.9 Å². The largest absolute Gasteiger partial charge is 0.507 e. The number of hydrogen-bond acceptors (Lipinski definition) is 22. The monoisotopic (exact) mass is 1180 g/mol. The van der Waals surface area contributed by atoms with Crippen molar-refractivity contribution in [2.24, 2.45) is 5.73 Å². The predicted molar refractivity (Wildman–Crippen MR) is 306 cm³/mol. The number of phenolic OH excluding ortho intramolecular Hbond substituents is 2. The fourth-order valence-electron chi connectivity index (χ4n) is 8.50. The van der Waals surface area contributed by atoms with Gasteiger partial charge in [0.25, 0.3) is 0 Å². The van der Waals surface area contributed by atoms with Crippen molar-refractivity contribution in [1.82, 2.24) is 15.3 Å². The Kier molecular flexibility index (Phi) is 27.1. The molecule has 1 aliphatic heterocycles. The van der Waals surface area contributed by atoms with Crippen LogP contribution in [0.4, 0.5) is 5.69 Å². The maximum atomic E-state index is 12.0. The number of aryl methyl sites for hydroxylation is 1. The summed E-state index contributed by atoms with van der Waals surface area (Å²) >= 11 is 0. The Hall–Kier alpha value is -9.78. The van der Waals surface area contributed by atoms with Gasteiger partial charge in [-0.3, -0.25) is 33.6 Å². The van der Waals surface area contributed by atoms with Gasteiger partial charge >= 0.3 is 29.8 Å². The van der Waals surface area contributed by atoms with Crippen molar-refractivity contribution in [3.05, 3.63) is 144 Å². The zero-order valence-corrected chi connectivity index (χ0v) is 47.4. The van der Waals surface area contributed by atoms with Crippen LogP contribution in [0.1, 0.15) is 153 Å². The van der Waals surface area contributed by atoms with Gasteiger partial charge in [-0.15, -0.1) is 0 Å². The highest BCUT2D eigenvalue weighted by atomic mass is 16.6. The molecule has 1 fully saturated rings. The van der Waals surface area contributed by atoms with Gasteiger partial charge in [-0.05, 0) is 103 Å². The van der Waals surface area contributed by atoms with E-state index in [0.29, 0.717) is 67.5 Å². The Morgan fingerprint density at radius 1 is 0.647 bits per heavy atom. The first-order valence-electron chi connectivity index (χ1n) is 27.3. The number of ketones is 5. The minimum atomic E-state index is -1.31. The number of aromatic nitrogens is 2. The Balaban J connectivity index is 0.000000224. The summed E-state index contributed by atoms with van der Waals surface area (Å²) in [5.74, 6) is -4.15. The Labute approximate surface area is 487 Å². The number of carboxylic acids is 1. The summed E-state index contributed by atoms with van der Waals surface area (Å²) in [4.78, 5) is 141. The second-order valence-electron chi connectivity index (χ2n) is 18.8. The van der Waals surface area contributed by atoms with E-state index in [1.54, 1.807) is 52.0 Å². The van der Waals surface area contributed by atoms with Crippen LogP contribution in [-0.4, -0.2) is 116 Å². The molecule has 0 amide bonds. The molecule has 2 aromatic heterocycles. The third-order valence-corrected chi connectivity index (χ3v) is 12.6. The van der Waals surface area contributed by atoms with Crippen LogP contribution in [0.2, 0.25) is 0 Å². The van der Waals surface area contributed by atoms with E-state index in [1.807, 2.05) is 0 Å². The molecule has 25 nitrogen and oxygen atoms in total. The molecule has 1 unspecified atom stereocenters. The number of aliphatic hydroxyl groups is 1. The summed E-state index contributed by atoms with van der Waals surface area (Å²) in [5, 5.41) is 43.2. The summed E-state index contributed by atoms with van der Waals surface area (Å²) in [5.41, 5.74) is 7.04. The van der Waals surface area contributed by atoms with E-state index in [0.717, 1.165) is 37.8 Å². The molecule has 1 saturated carbocycles. The topological polar surface area (TPSA) is 404 Å². The number of carbonyl (C=O) groups excluding carboxylic acids is 9. The van der Waals surface area contributed by atoms with Crippen LogP contribution in [0.5, 0.6) is 11.5 Å². The van der Waals surface area contributed by atoms with E-state index in [4.69, 9.17) is 29.8 Å². The van der Waals surface area contributed by atoms with Gasteiger partial charge in [0.15, 0.2) is 22.9 Å². The molecule has 4 aromatic rings. The lowest BCUT2D eigenvalue weighted by molar-refractivity contribution is -0.147. The predicted octanol–water partition coefficient (Wildman–Crippen LogP) is 5.80. The number of hydrogen-bond donors (Lipinski definition) is 9. The van der Waals surface area contributed by atoms with Gasteiger partial charge in [0, 0.05) is 85.7 Å². The minimum absolute atomic E-state index is 0.0287. The molecule has 1 atom stereocenters. The van der Waals surface area contributed by atoms with Gasteiger partial charge in [-0.25, -0.2) is 24.0 Å². The summed E-state index contributed by atoms with van der Waals surface area (Å²) in [6.07, 6.45) is 15.2. The minimum Gasteiger partial charge on any atom is -0.507 e. The van der Waals surface area contributed by atoms with E-state index >= 15 is 0 Å². The fraction of sp³-hybridized carbons (Fsp3) is 0.367. The molecule has 9 rings (SSSR count). The zero-order valence-electron chi connectivity index (χ0n) is 47.4. The molecule has 5 aliphatic rings. The number of pyridine rings is 2. The number of aliphatic hydroxyl groups excluding tert-OH is 1. The third-order valence-electron chi connectivity index (χ3n) is 12.6. The van der Waals surface area contributed by atoms with E-state index in [9.17, 15) is 72.9 Å². The summed E-state index contributed by atoms with van der Waals surface area (Å²) < 4.78 is 19.1. The van der Waals surface area contributed by atoms with Crippen molar-refractivity contribution in [2.75, 3.05) is 31.7 Å². The molecule has 3 heterocycles. The average molecular weight is 1180 g/mol. The molecule has 4 aliphatic carbocycles. The lowest BCUT2D eigenvalue weighted by Gasteiger charge is -2.22. The van der Waals surface area contributed by atoms with Crippen molar-refractivity contribution < 1.29 is 87.3 Å².